The van der Waals surface area contributed by atoms with Crippen molar-refractivity contribution in [1.82, 2.24) is 30.1 Å². The first kappa shape index (κ1) is 16.2. The van der Waals surface area contributed by atoms with Gasteiger partial charge < -0.3 is 9.84 Å². The minimum atomic E-state index is -0.231. The van der Waals surface area contributed by atoms with Crippen LogP contribution in [0.2, 0.25) is 5.02 Å². The Morgan fingerprint density at radius 1 is 1.23 bits per heavy atom. The van der Waals surface area contributed by atoms with Crippen LogP contribution < -0.4 is 5.32 Å². The van der Waals surface area contributed by atoms with Gasteiger partial charge in [-0.25, -0.2) is 4.52 Å². The molecule has 9 heteroatoms. The lowest BCUT2D eigenvalue weighted by atomic mass is 10.2. The second-order valence-corrected chi connectivity index (χ2v) is 5.93. The van der Waals surface area contributed by atoms with E-state index in [1.165, 1.54) is 6.20 Å². The van der Waals surface area contributed by atoms with Gasteiger partial charge in [0.15, 0.2) is 0 Å². The Bertz CT molecular complexity index is 1060. The molecule has 1 aromatic carbocycles. The normalized spacial score (nSPS) is 11.0. The maximum Gasteiger partial charge on any atom is 0.255 e. The first-order valence-electron chi connectivity index (χ1n) is 7.85. The van der Waals surface area contributed by atoms with Crippen LogP contribution in [-0.2, 0) is 6.42 Å². The van der Waals surface area contributed by atoms with Gasteiger partial charge in [0.2, 0.25) is 11.7 Å². The van der Waals surface area contributed by atoms with E-state index in [1.807, 2.05) is 12.1 Å². The van der Waals surface area contributed by atoms with Gasteiger partial charge in [-0.3, -0.25) is 9.78 Å². The van der Waals surface area contributed by atoms with Gasteiger partial charge >= 0.3 is 0 Å². The van der Waals surface area contributed by atoms with E-state index < -0.39 is 0 Å². The van der Waals surface area contributed by atoms with Crippen molar-refractivity contribution in [2.75, 3.05) is 6.54 Å². The summed E-state index contributed by atoms with van der Waals surface area (Å²) in [4.78, 5) is 20.6. The molecule has 8 nitrogen and oxygen atoms in total. The minimum absolute atomic E-state index is 0.231. The summed E-state index contributed by atoms with van der Waals surface area (Å²) in [5.74, 6) is 0.693. The molecule has 130 valence electrons. The van der Waals surface area contributed by atoms with Crippen LogP contribution in [0.1, 0.15) is 16.2 Å². The largest absolute Gasteiger partial charge is 0.351 e. The molecule has 0 spiro atoms. The van der Waals surface area contributed by atoms with Crippen LogP contribution >= 0.6 is 11.6 Å². The number of halogens is 1. The third kappa shape index (κ3) is 3.27. The fourth-order valence-corrected chi connectivity index (χ4v) is 2.59. The molecule has 0 saturated carbocycles. The van der Waals surface area contributed by atoms with E-state index in [1.54, 1.807) is 35.2 Å². The number of nitrogens with one attached hydrogen (secondary N) is 1. The highest BCUT2D eigenvalue weighted by Gasteiger charge is 2.13. The van der Waals surface area contributed by atoms with Crippen LogP contribution in [-0.4, -0.2) is 37.2 Å². The van der Waals surface area contributed by atoms with Crippen molar-refractivity contribution >= 4 is 23.0 Å². The van der Waals surface area contributed by atoms with Gasteiger partial charge in [0.05, 0.1) is 23.5 Å². The maximum absolute atomic E-state index is 12.3. The van der Waals surface area contributed by atoms with Crippen molar-refractivity contribution in [2.45, 2.75) is 6.42 Å². The number of nitrogens with zero attached hydrogens (tertiary/aromatic N) is 5. The molecule has 0 radical (unpaired) electrons. The summed E-state index contributed by atoms with van der Waals surface area (Å²) in [6, 6.07) is 7.16. The first-order valence-corrected chi connectivity index (χ1v) is 8.22. The van der Waals surface area contributed by atoms with E-state index in [9.17, 15) is 4.79 Å². The molecule has 1 N–H and O–H groups in total. The van der Waals surface area contributed by atoms with Crippen LogP contribution in [0, 0.1) is 0 Å². The Morgan fingerprint density at radius 2 is 2.08 bits per heavy atom. The summed E-state index contributed by atoms with van der Waals surface area (Å²) in [6.45, 7) is 0.360. The molecule has 0 atom stereocenters. The van der Waals surface area contributed by atoms with Crippen molar-refractivity contribution in [3.63, 3.8) is 0 Å². The molecular formula is C17H13ClN6O2. The number of fused-ring (bicyclic) bond motifs is 1. The van der Waals surface area contributed by atoms with Crippen LogP contribution in [0.4, 0.5) is 0 Å². The van der Waals surface area contributed by atoms with E-state index in [2.05, 4.69) is 25.5 Å². The third-order valence-electron chi connectivity index (χ3n) is 3.76. The average Bonchev–Trinajstić information content (AvgIpc) is 3.29. The lowest BCUT2D eigenvalue weighted by Crippen LogP contribution is -2.25. The van der Waals surface area contributed by atoms with E-state index in [-0.39, 0.29) is 5.91 Å². The van der Waals surface area contributed by atoms with Crippen molar-refractivity contribution in [3.8, 4) is 11.4 Å². The zero-order chi connectivity index (χ0) is 17.9. The van der Waals surface area contributed by atoms with Gasteiger partial charge in [0.1, 0.15) is 0 Å². The van der Waals surface area contributed by atoms with Crippen molar-refractivity contribution in [3.05, 3.63) is 65.5 Å². The summed E-state index contributed by atoms with van der Waals surface area (Å²) in [5.41, 5.74) is 1.92. The fraction of sp³-hybridized carbons (Fsp3) is 0.118. The molecular weight excluding hydrogens is 356 g/mol. The lowest BCUT2D eigenvalue weighted by Gasteiger charge is -2.01. The number of benzene rings is 1. The molecule has 4 rings (SSSR count). The maximum atomic E-state index is 12.3. The van der Waals surface area contributed by atoms with Crippen LogP contribution in [0.3, 0.4) is 0 Å². The number of carbonyl (C=O) groups excluding carboxylic acids is 1. The average molecular weight is 369 g/mol. The number of carbonyl (C=O) groups is 1. The molecule has 0 aliphatic heterocycles. The summed E-state index contributed by atoms with van der Waals surface area (Å²) in [5, 5.41) is 11.5. The Hall–Kier alpha value is -3.26. The monoisotopic (exact) mass is 368 g/mol. The number of aromatic nitrogens is 5. The second-order valence-electron chi connectivity index (χ2n) is 5.49. The molecule has 1 amide bonds. The van der Waals surface area contributed by atoms with E-state index >= 15 is 0 Å². The summed E-state index contributed by atoms with van der Waals surface area (Å²) < 4.78 is 6.82. The first-order chi connectivity index (χ1) is 12.7. The van der Waals surface area contributed by atoms with Crippen molar-refractivity contribution < 1.29 is 9.32 Å². The summed E-state index contributed by atoms with van der Waals surface area (Å²) in [6.07, 6.45) is 6.82. The lowest BCUT2D eigenvalue weighted by molar-refractivity contribution is 0.0955. The molecule has 0 unspecified atom stereocenters. The van der Waals surface area contributed by atoms with Crippen LogP contribution in [0.15, 0.2) is 53.6 Å². The minimum Gasteiger partial charge on any atom is -0.351 e. The highest BCUT2D eigenvalue weighted by molar-refractivity contribution is 6.30. The zero-order valence-electron chi connectivity index (χ0n) is 13.5. The van der Waals surface area contributed by atoms with Gasteiger partial charge in [-0.2, -0.15) is 10.1 Å². The van der Waals surface area contributed by atoms with Gasteiger partial charge in [-0.15, -0.1) is 0 Å². The predicted molar refractivity (Wildman–Crippen MR) is 93.8 cm³/mol. The molecule has 26 heavy (non-hydrogen) atoms. The molecule has 0 aliphatic rings. The van der Waals surface area contributed by atoms with Crippen LogP contribution in [0.5, 0.6) is 0 Å². The zero-order valence-corrected chi connectivity index (χ0v) is 14.2. The molecule has 0 saturated heterocycles. The Labute approximate surface area is 152 Å². The van der Waals surface area contributed by atoms with Gasteiger partial charge in [-0.1, -0.05) is 16.8 Å². The Balaban J connectivity index is 1.37. The molecule has 0 bridgehead atoms. The van der Waals surface area contributed by atoms with Gasteiger partial charge in [0, 0.05) is 35.9 Å². The van der Waals surface area contributed by atoms with Crippen molar-refractivity contribution in [2.24, 2.45) is 0 Å². The molecule has 4 aromatic rings. The quantitative estimate of drug-likeness (QED) is 0.580. The SMILES string of the molecule is O=C(NCCc1nc(-c2ccc(Cl)cc2)no1)c1cnn2ccncc12. The highest BCUT2D eigenvalue weighted by Crippen LogP contribution is 2.18. The van der Waals surface area contributed by atoms with Gasteiger partial charge in [-0.05, 0) is 24.3 Å². The number of amides is 1. The smallest absolute Gasteiger partial charge is 0.255 e. The van der Waals surface area contributed by atoms with Gasteiger partial charge in [0.25, 0.3) is 5.91 Å². The molecule has 0 aliphatic carbocycles. The Morgan fingerprint density at radius 3 is 2.92 bits per heavy atom. The number of rotatable bonds is 5. The third-order valence-corrected chi connectivity index (χ3v) is 4.02. The second kappa shape index (κ2) is 6.93. The molecule has 3 heterocycles. The summed E-state index contributed by atoms with van der Waals surface area (Å²) >= 11 is 5.87. The number of hydrogen-bond donors (Lipinski definition) is 1. The topological polar surface area (TPSA) is 98.2 Å². The van der Waals surface area contributed by atoms with E-state index in [0.717, 1.165) is 5.56 Å². The molecule has 0 fully saturated rings. The number of hydrogen-bond acceptors (Lipinski definition) is 6. The standard InChI is InChI=1S/C17H13ClN6O2/c18-12-3-1-11(2-4-12)16-22-15(26-23-16)5-6-20-17(25)13-9-21-24-8-7-19-10-14(13)24/h1-4,7-10H,5-6H2,(H,20,25). The summed E-state index contributed by atoms with van der Waals surface area (Å²) in [7, 11) is 0. The van der Waals surface area contributed by atoms with Crippen LogP contribution in [0.25, 0.3) is 16.9 Å². The highest BCUT2D eigenvalue weighted by atomic mass is 35.5. The predicted octanol–water partition coefficient (Wildman–Crippen LogP) is 2.41. The van der Waals surface area contributed by atoms with E-state index in [0.29, 0.717) is 40.8 Å². The molecule has 3 aromatic heterocycles. The Kier molecular flexibility index (Phi) is 4.32. The van der Waals surface area contributed by atoms with Crippen molar-refractivity contribution in [1.29, 1.82) is 0 Å². The van der Waals surface area contributed by atoms with E-state index in [4.69, 9.17) is 16.1 Å². The fourth-order valence-electron chi connectivity index (χ4n) is 2.46.